The fraction of sp³-hybridized carbons (Fsp3) is 0.0556. The highest BCUT2D eigenvalue weighted by atomic mass is 79.9. The van der Waals surface area contributed by atoms with Gasteiger partial charge in [0.25, 0.3) is 5.91 Å². The number of carbonyl (C=O) groups is 1. The summed E-state index contributed by atoms with van der Waals surface area (Å²) < 4.78 is 0.877. The second kappa shape index (κ2) is 5.70. The number of amides is 1. The molecule has 0 heterocycles. The Morgan fingerprint density at radius 2 is 1.71 bits per heavy atom. The van der Waals surface area contributed by atoms with Crippen molar-refractivity contribution in [2.75, 3.05) is 5.32 Å². The topological polar surface area (TPSA) is 29.1 Å². The molecule has 0 aliphatic rings. The summed E-state index contributed by atoms with van der Waals surface area (Å²) in [7, 11) is 0. The van der Waals surface area contributed by atoms with Crippen molar-refractivity contribution in [1.29, 1.82) is 0 Å². The lowest BCUT2D eigenvalue weighted by Crippen LogP contribution is -2.12. The van der Waals surface area contributed by atoms with Crippen LogP contribution in [0.5, 0.6) is 0 Å². The smallest absolute Gasteiger partial charge is 0.255 e. The molecule has 0 aliphatic carbocycles. The quantitative estimate of drug-likeness (QED) is 0.686. The normalized spacial score (nSPS) is 10.6. The minimum Gasteiger partial charge on any atom is -0.321 e. The molecule has 1 amide bonds. The van der Waals surface area contributed by atoms with Gasteiger partial charge in [0.2, 0.25) is 0 Å². The number of aryl methyl sites for hydroxylation is 1. The SMILES string of the molecule is Cc1ccc(Br)c(NC(=O)c2ccc3ccccc3c2)c1. The van der Waals surface area contributed by atoms with Crippen LogP contribution in [-0.4, -0.2) is 5.91 Å². The summed E-state index contributed by atoms with van der Waals surface area (Å²) in [5.41, 5.74) is 2.54. The van der Waals surface area contributed by atoms with Gasteiger partial charge in [-0.2, -0.15) is 0 Å². The number of rotatable bonds is 2. The highest BCUT2D eigenvalue weighted by Crippen LogP contribution is 2.24. The maximum Gasteiger partial charge on any atom is 0.255 e. The summed E-state index contributed by atoms with van der Waals surface area (Å²) in [4.78, 5) is 12.4. The van der Waals surface area contributed by atoms with Crippen molar-refractivity contribution in [3.8, 4) is 0 Å². The van der Waals surface area contributed by atoms with E-state index in [2.05, 4.69) is 21.2 Å². The first-order chi connectivity index (χ1) is 10.1. The van der Waals surface area contributed by atoms with Crippen molar-refractivity contribution in [2.45, 2.75) is 6.92 Å². The summed E-state index contributed by atoms with van der Waals surface area (Å²) in [5, 5.41) is 5.14. The summed E-state index contributed by atoms with van der Waals surface area (Å²) in [6, 6.07) is 19.6. The van der Waals surface area contributed by atoms with E-state index in [0.717, 1.165) is 26.5 Å². The van der Waals surface area contributed by atoms with Crippen LogP contribution in [0.1, 0.15) is 15.9 Å². The predicted octanol–water partition coefficient (Wildman–Crippen LogP) is 5.16. The zero-order valence-electron chi connectivity index (χ0n) is 11.6. The first kappa shape index (κ1) is 13.8. The maximum atomic E-state index is 12.4. The molecule has 104 valence electrons. The molecule has 0 radical (unpaired) electrons. The molecule has 0 unspecified atom stereocenters. The average Bonchev–Trinajstić information content (AvgIpc) is 2.50. The molecule has 3 heteroatoms. The van der Waals surface area contributed by atoms with Gasteiger partial charge >= 0.3 is 0 Å². The van der Waals surface area contributed by atoms with E-state index in [1.165, 1.54) is 0 Å². The average molecular weight is 340 g/mol. The van der Waals surface area contributed by atoms with E-state index in [9.17, 15) is 4.79 Å². The molecule has 0 aromatic heterocycles. The lowest BCUT2D eigenvalue weighted by atomic mass is 10.1. The molecule has 2 nitrogen and oxygen atoms in total. The van der Waals surface area contributed by atoms with Gasteiger partial charge in [0.1, 0.15) is 0 Å². The predicted molar refractivity (Wildman–Crippen MR) is 90.8 cm³/mol. The maximum absolute atomic E-state index is 12.4. The molecule has 3 rings (SSSR count). The van der Waals surface area contributed by atoms with Crippen molar-refractivity contribution in [2.24, 2.45) is 0 Å². The Hall–Kier alpha value is -2.13. The fourth-order valence-corrected chi connectivity index (χ4v) is 2.61. The summed E-state index contributed by atoms with van der Waals surface area (Å²) in [6.07, 6.45) is 0. The van der Waals surface area contributed by atoms with E-state index in [4.69, 9.17) is 0 Å². The Bertz CT molecular complexity index is 826. The van der Waals surface area contributed by atoms with Crippen LogP contribution in [0.3, 0.4) is 0 Å². The van der Waals surface area contributed by atoms with Gasteiger partial charge in [-0.3, -0.25) is 4.79 Å². The minimum absolute atomic E-state index is 0.105. The Labute approximate surface area is 131 Å². The zero-order valence-corrected chi connectivity index (χ0v) is 13.1. The Kier molecular flexibility index (Phi) is 3.76. The van der Waals surface area contributed by atoms with E-state index in [0.29, 0.717) is 5.56 Å². The molecule has 0 saturated heterocycles. The molecular formula is C18H14BrNO. The van der Waals surface area contributed by atoms with Crippen LogP contribution in [0.4, 0.5) is 5.69 Å². The van der Waals surface area contributed by atoms with Gasteiger partial charge in [0.15, 0.2) is 0 Å². The van der Waals surface area contributed by atoms with Crippen LogP contribution in [0.15, 0.2) is 65.1 Å². The summed E-state index contributed by atoms with van der Waals surface area (Å²) >= 11 is 3.46. The fourth-order valence-electron chi connectivity index (χ4n) is 2.26. The number of nitrogens with one attached hydrogen (secondary N) is 1. The van der Waals surface area contributed by atoms with Crippen LogP contribution in [0, 0.1) is 6.92 Å². The molecule has 3 aromatic carbocycles. The summed E-state index contributed by atoms with van der Waals surface area (Å²) in [5.74, 6) is -0.105. The largest absolute Gasteiger partial charge is 0.321 e. The first-order valence-corrected chi connectivity index (χ1v) is 7.49. The molecule has 0 saturated carbocycles. The molecule has 0 fully saturated rings. The lowest BCUT2D eigenvalue weighted by molar-refractivity contribution is 0.102. The Balaban J connectivity index is 1.91. The number of benzene rings is 3. The van der Waals surface area contributed by atoms with Crippen molar-refractivity contribution in [3.63, 3.8) is 0 Å². The van der Waals surface area contributed by atoms with Gasteiger partial charge in [-0.05, 0) is 63.5 Å². The van der Waals surface area contributed by atoms with Crippen LogP contribution in [0.2, 0.25) is 0 Å². The molecule has 0 aliphatic heterocycles. The number of halogens is 1. The Morgan fingerprint density at radius 3 is 2.52 bits per heavy atom. The standard InChI is InChI=1S/C18H14BrNO/c1-12-6-9-16(19)17(10-12)20-18(21)15-8-7-13-4-2-3-5-14(13)11-15/h2-11H,1H3,(H,20,21). The number of hydrogen-bond donors (Lipinski definition) is 1. The van der Waals surface area contributed by atoms with Crippen LogP contribution < -0.4 is 5.32 Å². The number of carbonyl (C=O) groups excluding carboxylic acids is 1. The van der Waals surface area contributed by atoms with Gasteiger partial charge in [0.05, 0.1) is 5.69 Å². The van der Waals surface area contributed by atoms with Gasteiger partial charge in [0, 0.05) is 10.0 Å². The van der Waals surface area contributed by atoms with E-state index in [1.807, 2.05) is 67.6 Å². The third-order valence-electron chi connectivity index (χ3n) is 3.38. The van der Waals surface area contributed by atoms with E-state index >= 15 is 0 Å². The molecule has 1 N–H and O–H groups in total. The second-order valence-electron chi connectivity index (χ2n) is 5.00. The van der Waals surface area contributed by atoms with Gasteiger partial charge in [-0.15, -0.1) is 0 Å². The van der Waals surface area contributed by atoms with Gasteiger partial charge < -0.3 is 5.32 Å². The molecule has 0 spiro atoms. The third-order valence-corrected chi connectivity index (χ3v) is 4.07. The van der Waals surface area contributed by atoms with Crippen molar-refractivity contribution in [1.82, 2.24) is 0 Å². The van der Waals surface area contributed by atoms with Crippen molar-refractivity contribution in [3.05, 3.63) is 76.3 Å². The first-order valence-electron chi connectivity index (χ1n) is 6.70. The molecule has 21 heavy (non-hydrogen) atoms. The molecular weight excluding hydrogens is 326 g/mol. The van der Waals surface area contributed by atoms with E-state index in [1.54, 1.807) is 0 Å². The van der Waals surface area contributed by atoms with E-state index in [-0.39, 0.29) is 5.91 Å². The lowest BCUT2D eigenvalue weighted by Gasteiger charge is -2.09. The monoisotopic (exact) mass is 339 g/mol. The minimum atomic E-state index is -0.105. The number of hydrogen-bond acceptors (Lipinski definition) is 1. The third kappa shape index (κ3) is 2.98. The number of anilines is 1. The van der Waals surface area contributed by atoms with Crippen molar-refractivity contribution < 1.29 is 4.79 Å². The zero-order chi connectivity index (χ0) is 14.8. The van der Waals surface area contributed by atoms with Gasteiger partial charge in [-0.1, -0.05) is 36.4 Å². The Morgan fingerprint density at radius 1 is 0.952 bits per heavy atom. The van der Waals surface area contributed by atoms with Crippen LogP contribution in [0.25, 0.3) is 10.8 Å². The van der Waals surface area contributed by atoms with Crippen LogP contribution >= 0.6 is 15.9 Å². The van der Waals surface area contributed by atoms with Crippen LogP contribution in [-0.2, 0) is 0 Å². The molecule has 0 bridgehead atoms. The highest BCUT2D eigenvalue weighted by molar-refractivity contribution is 9.10. The second-order valence-corrected chi connectivity index (χ2v) is 5.85. The van der Waals surface area contributed by atoms with E-state index < -0.39 is 0 Å². The number of fused-ring (bicyclic) bond motifs is 1. The summed E-state index contributed by atoms with van der Waals surface area (Å²) in [6.45, 7) is 2.00. The molecule has 3 aromatic rings. The molecule has 0 atom stereocenters. The van der Waals surface area contributed by atoms with Gasteiger partial charge in [-0.25, -0.2) is 0 Å². The van der Waals surface area contributed by atoms with Crippen molar-refractivity contribution >= 4 is 38.3 Å². The highest BCUT2D eigenvalue weighted by Gasteiger charge is 2.09.